The van der Waals surface area contributed by atoms with Crippen LogP contribution in [0.25, 0.3) is 27.8 Å². The highest BCUT2D eigenvalue weighted by Crippen LogP contribution is 2.33. The minimum atomic E-state index is -0.365. The molecule has 164 valence electrons. The van der Waals surface area contributed by atoms with Crippen LogP contribution in [0.4, 0.5) is 15.9 Å². The van der Waals surface area contributed by atoms with Crippen LogP contribution in [0.1, 0.15) is 11.1 Å². The van der Waals surface area contributed by atoms with Crippen molar-refractivity contribution in [1.29, 1.82) is 0 Å². The summed E-state index contributed by atoms with van der Waals surface area (Å²) in [5, 5.41) is 3.78. The summed E-state index contributed by atoms with van der Waals surface area (Å²) in [7, 11) is 0. The number of hydrogen-bond acceptors (Lipinski definition) is 5. The van der Waals surface area contributed by atoms with E-state index in [-0.39, 0.29) is 11.4 Å². The molecule has 3 N–H and O–H groups in total. The summed E-state index contributed by atoms with van der Waals surface area (Å²) < 4.78 is 15.0. The molecule has 0 aliphatic rings. The maximum absolute atomic E-state index is 13.2. The Hall–Kier alpha value is -4.26. The van der Waals surface area contributed by atoms with E-state index in [1.165, 1.54) is 12.1 Å². The Balaban J connectivity index is 1.66. The van der Waals surface area contributed by atoms with Crippen molar-refractivity contribution < 1.29 is 4.39 Å². The van der Waals surface area contributed by atoms with E-state index in [1.54, 1.807) is 30.3 Å². The average molecular weight is 439 g/mol. The van der Waals surface area contributed by atoms with E-state index in [9.17, 15) is 9.18 Å². The number of nitrogens with zero attached hydrogens (tertiary/aromatic N) is 3. The van der Waals surface area contributed by atoms with Crippen molar-refractivity contribution in [2.24, 2.45) is 0 Å². The van der Waals surface area contributed by atoms with E-state index in [4.69, 9.17) is 10.7 Å². The maximum Gasteiger partial charge on any atom is 0.279 e. The standard InChI is InChI=1S/C26H22FN5O/c1-16-6-12-19(13-7-16)32-24(28)22(29-15-14-17-8-10-18(27)11-9-17)23-25(32)30-21-5-3-2-4-20(21)26(33)31-23/h2-13,29H,14-15,28H2,1H3. The molecule has 0 unspecified atom stereocenters. The summed E-state index contributed by atoms with van der Waals surface area (Å²) >= 11 is 0. The average Bonchev–Trinajstić information content (AvgIpc) is 2.97. The number of nitrogen functional groups attached to an aromatic ring is 1. The molecule has 0 spiro atoms. The van der Waals surface area contributed by atoms with Gasteiger partial charge in [0.2, 0.25) is 0 Å². The van der Waals surface area contributed by atoms with Crippen LogP contribution in [-0.2, 0) is 6.42 Å². The molecule has 2 heterocycles. The fourth-order valence-electron chi connectivity index (χ4n) is 3.91. The molecule has 33 heavy (non-hydrogen) atoms. The van der Waals surface area contributed by atoms with Crippen molar-refractivity contribution in [3.63, 3.8) is 0 Å². The second-order valence-corrected chi connectivity index (χ2v) is 7.95. The van der Waals surface area contributed by atoms with E-state index in [0.717, 1.165) is 16.8 Å². The molecule has 0 saturated carbocycles. The summed E-state index contributed by atoms with van der Waals surface area (Å²) in [5.74, 6) is 0.151. The first-order chi connectivity index (χ1) is 16.0. The number of anilines is 2. The van der Waals surface area contributed by atoms with Crippen LogP contribution in [0.15, 0.2) is 77.6 Å². The lowest BCUT2D eigenvalue weighted by Crippen LogP contribution is -2.09. The summed E-state index contributed by atoms with van der Waals surface area (Å²) in [4.78, 5) is 22.1. The molecular formula is C26H22FN5O. The zero-order chi connectivity index (χ0) is 22.9. The topological polar surface area (TPSA) is 85.8 Å². The number of hydrogen-bond donors (Lipinski definition) is 2. The Morgan fingerprint density at radius 2 is 1.70 bits per heavy atom. The molecule has 0 amide bonds. The molecule has 0 radical (unpaired) electrons. The van der Waals surface area contributed by atoms with Gasteiger partial charge in [0.05, 0.1) is 10.9 Å². The quantitative estimate of drug-likeness (QED) is 0.417. The summed E-state index contributed by atoms with van der Waals surface area (Å²) in [5.41, 5.74) is 11.2. The number of aryl methyl sites for hydroxylation is 1. The zero-order valence-corrected chi connectivity index (χ0v) is 18.0. The molecule has 0 fully saturated rings. The van der Waals surface area contributed by atoms with Crippen LogP contribution in [0.5, 0.6) is 0 Å². The molecule has 0 aliphatic heterocycles. The second kappa shape index (κ2) is 8.35. The number of nitrogens with two attached hydrogens (primary N) is 1. The lowest BCUT2D eigenvalue weighted by molar-refractivity contribution is 0.627. The Kier molecular flexibility index (Phi) is 5.22. The normalized spacial score (nSPS) is 11.2. The lowest BCUT2D eigenvalue weighted by Gasteiger charge is -2.09. The number of fused-ring (bicyclic) bond motifs is 2. The molecule has 0 atom stereocenters. The number of para-hydroxylation sites is 1. The van der Waals surface area contributed by atoms with E-state index in [0.29, 0.717) is 46.5 Å². The number of rotatable bonds is 5. The summed E-state index contributed by atoms with van der Waals surface area (Å²) in [6.45, 7) is 2.54. The molecule has 3 aromatic carbocycles. The highest BCUT2D eigenvalue weighted by molar-refractivity contribution is 5.98. The van der Waals surface area contributed by atoms with Crippen molar-refractivity contribution in [3.8, 4) is 5.69 Å². The van der Waals surface area contributed by atoms with Crippen LogP contribution < -0.4 is 16.6 Å². The molecule has 0 aliphatic carbocycles. The second-order valence-electron chi connectivity index (χ2n) is 7.95. The van der Waals surface area contributed by atoms with Gasteiger partial charge in [-0.2, -0.15) is 0 Å². The Bertz CT molecular complexity index is 1530. The fraction of sp³-hybridized carbons (Fsp3) is 0.115. The zero-order valence-electron chi connectivity index (χ0n) is 18.0. The van der Waals surface area contributed by atoms with Gasteiger partial charge in [-0.1, -0.05) is 42.0 Å². The number of halogens is 1. The van der Waals surface area contributed by atoms with Gasteiger partial charge in [0.1, 0.15) is 22.8 Å². The summed E-state index contributed by atoms with van der Waals surface area (Å²) in [6, 6.07) is 21.4. The number of aromatic nitrogens is 3. The third-order valence-corrected chi connectivity index (χ3v) is 5.65. The highest BCUT2D eigenvalue weighted by atomic mass is 19.1. The number of benzene rings is 3. The van der Waals surface area contributed by atoms with E-state index >= 15 is 0 Å². The Morgan fingerprint density at radius 3 is 2.45 bits per heavy atom. The fourth-order valence-corrected chi connectivity index (χ4v) is 3.91. The van der Waals surface area contributed by atoms with Gasteiger partial charge in [0.25, 0.3) is 5.56 Å². The van der Waals surface area contributed by atoms with E-state index in [2.05, 4.69) is 10.3 Å². The third kappa shape index (κ3) is 3.89. The van der Waals surface area contributed by atoms with Gasteiger partial charge in [-0.3, -0.25) is 9.36 Å². The largest absolute Gasteiger partial charge is 0.383 e. The van der Waals surface area contributed by atoms with Crippen molar-refractivity contribution in [2.45, 2.75) is 13.3 Å². The highest BCUT2D eigenvalue weighted by Gasteiger charge is 2.19. The molecule has 6 nitrogen and oxygen atoms in total. The minimum absolute atomic E-state index is 0.269. The molecule has 5 rings (SSSR count). The van der Waals surface area contributed by atoms with Crippen molar-refractivity contribution in [3.05, 3.63) is 100 Å². The predicted octanol–water partition coefficient (Wildman–Crippen LogP) is 4.62. The molecule has 0 saturated heterocycles. The Morgan fingerprint density at radius 1 is 0.970 bits per heavy atom. The molecule has 0 bridgehead atoms. The molecule has 5 aromatic rings. The summed E-state index contributed by atoms with van der Waals surface area (Å²) in [6.07, 6.45) is 0.648. The first-order valence-corrected chi connectivity index (χ1v) is 10.7. The predicted molar refractivity (Wildman–Crippen MR) is 130 cm³/mol. The van der Waals surface area contributed by atoms with Gasteiger partial charge < -0.3 is 11.1 Å². The van der Waals surface area contributed by atoms with Crippen LogP contribution in [0.2, 0.25) is 0 Å². The van der Waals surface area contributed by atoms with Gasteiger partial charge in [0.15, 0.2) is 5.65 Å². The van der Waals surface area contributed by atoms with Gasteiger partial charge in [-0.05, 0) is 55.3 Å². The van der Waals surface area contributed by atoms with E-state index in [1.807, 2.05) is 41.8 Å². The van der Waals surface area contributed by atoms with E-state index < -0.39 is 0 Å². The van der Waals surface area contributed by atoms with Crippen molar-refractivity contribution in [1.82, 2.24) is 14.5 Å². The van der Waals surface area contributed by atoms with Gasteiger partial charge in [-0.15, -0.1) is 0 Å². The van der Waals surface area contributed by atoms with Crippen LogP contribution in [-0.4, -0.2) is 21.1 Å². The number of nitrogens with one attached hydrogen (secondary N) is 1. The van der Waals surface area contributed by atoms with Crippen molar-refractivity contribution >= 4 is 33.6 Å². The van der Waals surface area contributed by atoms with Gasteiger partial charge in [0, 0.05) is 12.2 Å². The van der Waals surface area contributed by atoms with Crippen LogP contribution >= 0.6 is 0 Å². The van der Waals surface area contributed by atoms with Crippen LogP contribution in [0.3, 0.4) is 0 Å². The lowest BCUT2D eigenvalue weighted by atomic mass is 10.1. The van der Waals surface area contributed by atoms with Crippen molar-refractivity contribution in [2.75, 3.05) is 17.6 Å². The Labute approximate surface area is 189 Å². The van der Waals surface area contributed by atoms with Gasteiger partial charge >= 0.3 is 0 Å². The smallest absolute Gasteiger partial charge is 0.279 e. The third-order valence-electron chi connectivity index (χ3n) is 5.65. The minimum Gasteiger partial charge on any atom is -0.383 e. The molecule has 7 heteroatoms. The van der Waals surface area contributed by atoms with Gasteiger partial charge in [-0.25, -0.2) is 14.4 Å². The van der Waals surface area contributed by atoms with Crippen LogP contribution in [0, 0.1) is 12.7 Å². The maximum atomic E-state index is 13.2. The molecule has 2 aromatic heterocycles. The SMILES string of the molecule is Cc1ccc(-n2c(N)c(NCCc3ccc(F)cc3)c3nc(=O)c4ccccc4nc32)cc1. The monoisotopic (exact) mass is 439 g/mol. The first kappa shape index (κ1) is 20.6. The first-order valence-electron chi connectivity index (χ1n) is 10.7. The molecular weight excluding hydrogens is 417 g/mol.